The van der Waals surface area contributed by atoms with Gasteiger partial charge in [-0.2, -0.15) is 0 Å². The molecule has 0 heterocycles. The molecule has 0 bridgehead atoms. The molecule has 7 aromatic carbocycles. The molecular weight excluding hydrogens is 446 g/mol. The quantitative estimate of drug-likeness (QED) is 0.231. The van der Waals surface area contributed by atoms with E-state index in [1.807, 2.05) is 0 Å². The molecule has 0 N–H and O–H groups in total. The molecule has 1 nitrogen and oxygen atoms in total. The summed E-state index contributed by atoms with van der Waals surface area (Å²) in [6.07, 6.45) is 0. The van der Waals surface area contributed by atoms with Gasteiger partial charge in [0.05, 0.1) is 11.4 Å². The molecule has 1 heteroatoms. The molecule has 0 radical (unpaired) electrons. The van der Waals surface area contributed by atoms with Crippen molar-refractivity contribution in [2.24, 2.45) is 0 Å². The first kappa shape index (κ1) is 21.4. The second-order valence-electron chi connectivity index (χ2n) is 9.41. The van der Waals surface area contributed by atoms with E-state index in [2.05, 4.69) is 157 Å². The topological polar surface area (TPSA) is 3.24 Å². The van der Waals surface area contributed by atoms with E-state index in [1.165, 1.54) is 54.8 Å². The van der Waals surface area contributed by atoms with Crippen LogP contribution in [-0.2, 0) is 0 Å². The van der Waals surface area contributed by atoms with Crippen LogP contribution in [0.2, 0.25) is 0 Å². The number of rotatable bonds is 4. The molecule has 0 unspecified atom stereocenters. The fourth-order valence-electron chi connectivity index (χ4n) is 5.49. The Kier molecular flexibility index (Phi) is 5.19. The lowest BCUT2D eigenvalue weighted by atomic mass is 9.98. The van der Waals surface area contributed by atoms with Gasteiger partial charge in [-0.25, -0.2) is 0 Å². The first-order valence-corrected chi connectivity index (χ1v) is 12.7. The van der Waals surface area contributed by atoms with Gasteiger partial charge < -0.3 is 4.90 Å². The van der Waals surface area contributed by atoms with Crippen LogP contribution in [0.4, 0.5) is 17.1 Å². The average molecular weight is 472 g/mol. The maximum Gasteiger partial charge on any atom is 0.0546 e. The van der Waals surface area contributed by atoms with Crippen molar-refractivity contribution in [2.75, 3.05) is 4.90 Å². The fraction of sp³-hybridized carbons (Fsp3) is 0. The second kappa shape index (κ2) is 8.96. The Morgan fingerprint density at radius 3 is 1.76 bits per heavy atom. The largest absolute Gasteiger partial charge is 0.309 e. The Morgan fingerprint density at radius 1 is 0.324 bits per heavy atom. The van der Waals surface area contributed by atoms with Gasteiger partial charge in [0, 0.05) is 16.5 Å². The number of hydrogen-bond acceptors (Lipinski definition) is 1. The molecule has 37 heavy (non-hydrogen) atoms. The number of nitrogens with zero attached hydrogens (tertiary/aromatic N) is 1. The van der Waals surface area contributed by atoms with Crippen molar-refractivity contribution in [1.82, 2.24) is 0 Å². The van der Waals surface area contributed by atoms with Crippen molar-refractivity contribution in [3.05, 3.63) is 152 Å². The average Bonchev–Trinajstić information content (AvgIpc) is 2.98. The summed E-state index contributed by atoms with van der Waals surface area (Å²) < 4.78 is 0. The maximum absolute atomic E-state index is 2.43. The highest BCUT2D eigenvalue weighted by molar-refractivity contribution is 6.15. The van der Waals surface area contributed by atoms with E-state index in [-0.39, 0.29) is 0 Å². The summed E-state index contributed by atoms with van der Waals surface area (Å²) in [4.78, 5) is 2.43. The zero-order valence-electron chi connectivity index (χ0n) is 20.4. The van der Waals surface area contributed by atoms with Crippen LogP contribution in [0.15, 0.2) is 152 Å². The summed E-state index contributed by atoms with van der Waals surface area (Å²) in [5.41, 5.74) is 5.90. The third kappa shape index (κ3) is 3.73. The number of anilines is 3. The van der Waals surface area contributed by atoms with Crippen molar-refractivity contribution >= 4 is 49.4 Å². The van der Waals surface area contributed by atoms with Gasteiger partial charge in [0.25, 0.3) is 0 Å². The number of benzene rings is 7. The van der Waals surface area contributed by atoms with Crippen LogP contribution in [0.3, 0.4) is 0 Å². The predicted molar refractivity (Wildman–Crippen MR) is 159 cm³/mol. The first-order chi connectivity index (χ1) is 18.4. The van der Waals surface area contributed by atoms with Crippen molar-refractivity contribution < 1.29 is 0 Å². The standard InChI is InChI=1S/C36H25N/c1-2-12-26(13-3-1)28-17-10-18-30(24-28)37(35-23-11-16-27-14-4-7-20-32(27)35)36-25-29-15-5-6-19-31(29)33-21-8-9-22-34(33)36/h1-25H. The van der Waals surface area contributed by atoms with Gasteiger partial charge in [0.15, 0.2) is 0 Å². The molecule has 0 saturated heterocycles. The molecule has 0 aliphatic heterocycles. The minimum Gasteiger partial charge on any atom is -0.309 e. The van der Waals surface area contributed by atoms with Gasteiger partial charge in [-0.3, -0.25) is 0 Å². The zero-order valence-corrected chi connectivity index (χ0v) is 20.4. The van der Waals surface area contributed by atoms with Gasteiger partial charge in [0.1, 0.15) is 0 Å². The monoisotopic (exact) mass is 471 g/mol. The van der Waals surface area contributed by atoms with Crippen molar-refractivity contribution in [2.45, 2.75) is 0 Å². The van der Waals surface area contributed by atoms with E-state index >= 15 is 0 Å². The summed E-state index contributed by atoms with van der Waals surface area (Å²) in [6, 6.07) is 54.5. The minimum absolute atomic E-state index is 1.14. The van der Waals surface area contributed by atoms with E-state index in [4.69, 9.17) is 0 Å². The SMILES string of the molecule is c1ccc(-c2cccc(N(c3cccc4ccccc34)c3cc4ccccc4c4ccccc34)c2)cc1. The van der Waals surface area contributed by atoms with Gasteiger partial charge in [-0.15, -0.1) is 0 Å². The molecule has 7 rings (SSSR count). The van der Waals surface area contributed by atoms with Crippen molar-refractivity contribution in [3.63, 3.8) is 0 Å². The second-order valence-corrected chi connectivity index (χ2v) is 9.41. The van der Waals surface area contributed by atoms with Crippen LogP contribution in [0.5, 0.6) is 0 Å². The van der Waals surface area contributed by atoms with Gasteiger partial charge in [-0.05, 0) is 56.9 Å². The highest BCUT2D eigenvalue weighted by atomic mass is 15.1. The van der Waals surface area contributed by atoms with Crippen LogP contribution in [0.1, 0.15) is 0 Å². The lowest BCUT2D eigenvalue weighted by Crippen LogP contribution is -2.11. The summed E-state index contributed by atoms with van der Waals surface area (Å²) in [5, 5.41) is 7.47. The molecule has 7 aromatic rings. The Labute approximate surface area is 216 Å². The molecule has 0 saturated carbocycles. The highest BCUT2D eigenvalue weighted by Crippen LogP contribution is 2.44. The summed E-state index contributed by atoms with van der Waals surface area (Å²) >= 11 is 0. The summed E-state index contributed by atoms with van der Waals surface area (Å²) in [6.45, 7) is 0. The smallest absolute Gasteiger partial charge is 0.0546 e. The molecule has 174 valence electrons. The van der Waals surface area contributed by atoms with E-state index in [9.17, 15) is 0 Å². The van der Waals surface area contributed by atoms with Crippen LogP contribution < -0.4 is 4.90 Å². The summed E-state index contributed by atoms with van der Waals surface area (Å²) in [7, 11) is 0. The van der Waals surface area contributed by atoms with E-state index in [0.29, 0.717) is 0 Å². The Morgan fingerprint density at radius 2 is 0.919 bits per heavy atom. The van der Waals surface area contributed by atoms with Crippen LogP contribution in [-0.4, -0.2) is 0 Å². The van der Waals surface area contributed by atoms with Crippen molar-refractivity contribution in [3.8, 4) is 11.1 Å². The molecule has 0 fully saturated rings. The molecule has 0 atom stereocenters. The molecule has 0 aliphatic rings. The van der Waals surface area contributed by atoms with Crippen molar-refractivity contribution in [1.29, 1.82) is 0 Å². The van der Waals surface area contributed by atoms with Crippen LogP contribution in [0.25, 0.3) is 43.4 Å². The third-order valence-electron chi connectivity index (χ3n) is 7.21. The maximum atomic E-state index is 2.43. The van der Waals surface area contributed by atoms with E-state index < -0.39 is 0 Å². The highest BCUT2D eigenvalue weighted by Gasteiger charge is 2.19. The van der Waals surface area contributed by atoms with Crippen LogP contribution in [0, 0.1) is 0 Å². The molecule has 0 amide bonds. The van der Waals surface area contributed by atoms with Crippen LogP contribution >= 0.6 is 0 Å². The first-order valence-electron chi connectivity index (χ1n) is 12.7. The van der Waals surface area contributed by atoms with Gasteiger partial charge >= 0.3 is 0 Å². The third-order valence-corrected chi connectivity index (χ3v) is 7.21. The normalized spacial score (nSPS) is 11.2. The molecule has 0 spiro atoms. The predicted octanol–water partition coefficient (Wildman–Crippen LogP) is 10.3. The lowest BCUT2D eigenvalue weighted by Gasteiger charge is -2.29. The fourth-order valence-corrected chi connectivity index (χ4v) is 5.49. The molecule has 0 aliphatic carbocycles. The lowest BCUT2D eigenvalue weighted by molar-refractivity contribution is 1.32. The van der Waals surface area contributed by atoms with Gasteiger partial charge in [0.2, 0.25) is 0 Å². The molecule has 0 aromatic heterocycles. The van der Waals surface area contributed by atoms with Gasteiger partial charge in [-0.1, -0.05) is 127 Å². The zero-order chi connectivity index (χ0) is 24.6. The minimum atomic E-state index is 1.14. The molecular formula is C36H25N. The van der Waals surface area contributed by atoms with E-state index in [0.717, 1.165) is 5.69 Å². The van der Waals surface area contributed by atoms with E-state index in [1.54, 1.807) is 0 Å². The Balaban J connectivity index is 1.57. The Bertz CT molecular complexity index is 1880. The summed E-state index contributed by atoms with van der Waals surface area (Å²) in [5.74, 6) is 0. The number of hydrogen-bond donors (Lipinski definition) is 0. The Hall–Kier alpha value is -4.88. The number of fused-ring (bicyclic) bond motifs is 4.